The van der Waals surface area contributed by atoms with Crippen LogP contribution in [0.5, 0.6) is 0 Å². The van der Waals surface area contributed by atoms with Gasteiger partial charge in [-0.1, -0.05) is 0 Å². The minimum Gasteiger partial charge on any atom is -0.264 e. The Morgan fingerprint density at radius 2 is 2.14 bits per heavy atom. The Morgan fingerprint density at radius 3 is 2.82 bits per heavy atom. The van der Waals surface area contributed by atoms with Crippen LogP contribution in [0.25, 0.3) is 11.3 Å². The molecule has 1 aliphatic rings. The summed E-state index contributed by atoms with van der Waals surface area (Å²) in [5.74, 6) is 0.571. The fourth-order valence-electron chi connectivity index (χ4n) is 2.80. The first kappa shape index (κ1) is 15.1. The lowest BCUT2D eigenvalue weighted by Gasteiger charge is -2.21. The summed E-state index contributed by atoms with van der Waals surface area (Å²) in [4.78, 5) is 13.2. The molecule has 6 nitrogen and oxygen atoms in total. The standard InChI is InChI=1S/C15H18N4O2S/c1-11-9-13(12-5-3-7-16-10-12)18-15(17-11)14-6-4-8-19(14)22(2,20)21/h3,5,7,9-10,14H,4,6,8H2,1-2H3. The lowest BCUT2D eigenvalue weighted by molar-refractivity contribution is 0.386. The van der Waals surface area contributed by atoms with E-state index in [0.29, 0.717) is 12.4 Å². The molecule has 2 aromatic rings. The van der Waals surface area contributed by atoms with Gasteiger partial charge in [0.05, 0.1) is 18.0 Å². The molecule has 0 spiro atoms. The Bertz CT molecular complexity index is 777. The first-order valence-corrected chi connectivity index (χ1v) is 9.03. The molecule has 1 fully saturated rings. The molecular weight excluding hydrogens is 300 g/mol. The quantitative estimate of drug-likeness (QED) is 0.864. The van der Waals surface area contributed by atoms with Gasteiger partial charge in [0.15, 0.2) is 0 Å². The summed E-state index contributed by atoms with van der Waals surface area (Å²) in [6.07, 6.45) is 6.28. The minimum atomic E-state index is -3.25. The van der Waals surface area contributed by atoms with E-state index in [-0.39, 0.29) is 6.04 Å². The van der Waals surface area contributed by atoms with Gasteiger partial charge in [0.25, 0.3) is 0 Å². The Balaban J connectivity index is 2.03. The monoisotopic (exact) mass is 318 g/mol. The Labute approximate surface area is 130 Å². The van der Waals surface area contributed by atoms with Crippen molar-refractivity contribution in [3.8, 4) is 11.3 Å². The SMILES string of the molecule is Cc1cc(-c2cccnc2)nc(C2CCCN2S(C)(=O)=O)n1. The lowest BCUT2D eigenvalue weighted by Crippen LogP contribution is -2.30. The van der Waals surface area contributed by atoms with Gasteiger partial charge in [-0.15, -0.1) is 0 Å². The van der Waals surface area contributed by atoms with Crippen molar-refractivity contribution in [3.05, 3.63) is 42.1 Å². The van der Waals surface area contributed by atoms with Crippen molar-refractivity contribution >= 4 is 10.0 Å². The maximum absolute atomic E-state index is 11.9. The summed E-state index contributed by atoms with van der Waals surface area (Å²) in [7, 11) is -3.25. The van der Waals surface area contributed by atoms with Crippen molar-refractivity contribution in [2.24, 2.45) is 0 Å². The number of sulfonamides is 1. The number of hydrogen-bond donors (Lipinski definition) is 0. The summed E-state index contributed by atoms with van der Waals surface area (Å²) < 4.78 is 25.3. The molecule has 0 aliphatic carbocycles. The van der Waals surface area contributed by atoms with Crippen LogP contribution in [0.1, 0.15) is 30.4 Å². The molecule has 0 aromatic carbocycles. The zero-order valence-electron chi connectivity index (χ0n) is 12.6. The van der Waals surface area contributed by atoms with Gasteiger partial charge in [-0.05, 0) is 38.0 Å². The molecule has 0 bridgehead atoms. The van der Waals surface area contributed by atoms with Gasteiger partial charge in [0.1, 0.15) is 5.82 Å². The maximum Gasteiger partial charge on any atom is 0.211 e. The Morgan fingerprint density at radius 1 is 1.32 bits per heavy atom. The van der Waals surface area contributed by atoms with E-state index in [2.05, 4.69) is 15.0 Å². The second-order valence-electron chi connectivity index (χ2n) is 5.53. The van der Waals surface area contributed by atoms with Gasteiger partial charge < -0.3 is 0 Å². The van der Waals surface area contributed by atoms with Crippen molar-refractivity contribution in [1.82, 2.24) is 19.3 Å². The van der Waals surface area contributed by atoms with E-state index >= 15 is 0 Å². The van der Waals surface area contributed by atoms with Crippen LogP contribution in [0.15, 0.2) is 30.6 Å². The van der Waals surface area contributed by atoms with E-state index in [1.165, 1.54) is 10.6 Å². The molecule has 1 atom stereocenters. The van der Waals surface area contributed by atoms with E-state index in [4.69, 9.17) is 0 Å². The first-order valence-electron chi connectivity index (χ1n) is 7.18. The highest BCUT2D eigenvalue weighted by molar-refractivity contribution is 7.88. The van der Waals surface area contributed by atoms with Gasteiger partial charge in [0, 0.05) is 30.2 Å². The minimum absolute atomic E-state index is 0.273. The normalized spacial score (nSPS) is 19.5. The van der Waals surface area contributed by atoms with Crippen molar-refractivity contribution in [1.29, 1.82) is 0 Å². The highest BCUT2D eigenvalue weighted by Gasteiger charge is 2.34. The third-order valence-corrected chi connectivity index (χ3v) is 5.05. The predicted octanol–water partition coefficient (Wildman–Crippen LogP) is 1.94. The molecule has 3 heterocycles. The van der Waals surface area contributed by atoms with Crippen molar-refractivity contribution in [2.45, 2.75) is 25.8 Å². The molecule has 1 aliphatic heterocycles. The number of nitrogens with zero attached hydrogens (tertiary/aromatic N) is 4. The molecule has 0 N–H and O–H groups in total. The number of aromatic nitrogens is 3. The molecule has 0 radical (unpaired) electrons. The van der Waals surface area contributed by atoms with E-state index < -0.39 is 10.0 Å². The third kappa shape index (κ3) is 3.00. The average Bonchev–Trinajstić information content (AvgIpc) is 2.97. The van der Waals surface area contributed by atoms with Gasteiger partial charge in [-0.3, -0.25) is 4.98 Å². The molecule has 22 heavy (non-hydrogen) atoms. The number of rotatable bonds is 3. The summed E-state index contributed by atoms with van der Waals surface area (Å²) in [6.45, 7) is 2.42. The van der Waals surface area contributed by atoms with Crippen LogP contribution in [0.4, 0.5) is 0 Å². The fraction of sp³-hybridized carbons (Fsp3) is 0.400. The van der Waals surface area contributed by atoms with Crippen LogP contribution in [-0.4, -0.2) is 40.5 Å². The topological polar surface area (TPSA) is 76.1 Å². The highest BCUT2D eigenvalue weighted by Crippen LogP contribution is 2.32. The molecule has 116 valence electrons. The van der Waals surface area contributed by atoms with Gasteiger partial charge in [-0.2, -0.15) is 4.31 Å². The number of aryl methyl sites for hydroxylation is 1. The zero-order chi connectivity index (χ0) is 15.7. The smallest absolute Gasteiger partial charge is 0.211 e. The Kier molecular flexibility index (Phi) is 3.92. The second kappa shape index (κ2) is 5.73. The zero-order valence-corrected chi connectivity index (χ0v) is 13.4. The average molecular weight is 318 g/mol. The van der Waals surface area contributed by atoms with Crippen molar-refractivity contribution in [2.75, 3.05) is 12.8 Å². The summed E-state index contributed by atoms with van der Waals surface area (Å²) in [5.41, 5.74) is 2.50. The molecule has 1 saturated heterocycles. The first-order chi connectivity index (χ1) is 10.4. The van der Waals surface area contributed by atoms with Crippen molar-refractivity contribution in [3.63, 3.8) is 0 Å². The maximum atomic E-state index is 11.9. The van der Waals surface area contributed by atoms with Gasteiger partial charge in [-0.25, -0.2) is 18.4 Å². The third-order valence-electron chi connectivity index (χ3n) is 3.76. The molecule has 1 unspecified atom stereocenters. The predicted molar refractivity (Wildman–Crippen MR) is 83.5 cm³/mol. The van der Waals surface area contributed by atoms with Crippen LogP contribution >= 0.6 is 0 Å². The summed E-state index contributed by atoms with van der Waals surface area (Å²) in [6, 6.07) is 5.40. The number of hydrogen-bond acceptors (Lipinski definition) is 5. The molecule has 2 aromatic heterocycles. The number of pyridine rings is 1. The summed E-state index contributed by atoms with van der Waals surface area (Å²) in [5, 5.41) is 0. The van der Waals surface area contributed by atoms with E-state index in [9.17, 15) is 8.42 Å². The van der Waals surface area contributed by atoms with Crippen LogP contribution in [0, 0.1) is 6.92 Å². The van der Waals surface area contributed by atoms with Crippen LogP contribution in [0.2, 0.25) is 0 Å². The van der Waals surface area contributed by atoms with Crippen molar-refractivity contribution < 1.29 is 8.42 Å². The summed E-state index contributed by atoms with van der Waals surface area (Å²) >= 11 is 0. The van der Waals surface area contributed by atoms with Gasteiger partial charge >= 0.3 is 0 Å². The molecular formula is C15H18N4O2S. The highest BCUT2D eigenvalue weighted by atomic mass is 32.2. The molecule has 0 amide bonds. The van der Waals surface area contributed by atoms with Gasteiger partial charge in [0.2, 0.25) is 10.0 Å². The van der Waals surface area contributed by atoms with Crippen LogP contribution in [-0.2, 0) is 10.0 Å². The van der Waals surface area contributed by atoms with E-state index in [1.54, 1.807) is 12.4 Å². The second-order valence-corrected chi connectivity index (χ2v) is 7.46. The van der Waals surface area contributed by atoms with Crippen LogP contribution in [0.3, 0.4) is 0 Å². The lowest BCUT2D eigenvalue weighted by atomic mass is 10.1. The van der Waals surface area contributed by atoms with E-state index in [0.717, 1.165) is 29.8 Å². The molecule has 0 saturated carbocycles. The fourth-order valence-corrected chi connectivity index (χ4v) is 3.92. The molecule has 7 heteroatoms. The molecule has 3 rings (SSSR count). The Hall–Kier alpha value is -1.86. The van der Waals surface area contributed by atoms with Crippen LogP contribution < -0.4 is 0 Å². The largest absolute Gasteiger partial charge is 0.264 e. The van der Waals surface area contributed by atoms with E-state index in [1.807, 2.05) is 25.1 Å².